The number of benzene rings is 2. The van der Waals surface area contributed by atoms with Crippen molar-refractivity contribution >= 4 is 5.69 Å². The van der Waals surface area contributed by atoms with E-state index in [4.69, 9.17) is 0 Å². The third-order valence-electron chi connectivity index (χ3n) is 3.60. The molecule has 1 atom stereocenters. The summed E-state index contributed by atoms with van der Waals surface area (Å²) in [6.45, 7) is 2.09. The van der Waals surface area contributed by atoms with Gasteiger partial charge in [0.2, 0.25) is 0 Å². The second kappa shape index (κ2) is 4.37. The first-order valence-electron chi connectivity index (χ1n) is 6.37. The number of aromatic hydroxyl groups is 1. The highest BCUT2D eigenvalue weighted by Crippen LogP contribution is 2.35. The van der Waals surface area contributed by atoms with Crippen molar-refractivity contribution in [1.82, 2.24) is 0 Å². The average Bonchev–Trinajstić information content (AvgIpc) is 2.74. The van der Waals surface area contributed by atoms with Gasteiger partial charge in [-0.3, -0.25) is 0 Å². The van der Waals surface area contributed by atoms with E-state index < -0.39 is 0 Å². The molecule has 1 unspecified atom stereocenters. The van der Waals surface area contributed by atoms with Gasteiger partial charge in [0.1, 0.15) is 5.75 Å². The monoisotopic (exact) mass is 239 g/mol. The van der Waals surface area contributed by atoms with Gasteiger partial charge >= 0.3 is 0 Å². The first kappa shape index (κ1) is 11.1. The Morgan fingerprint density at radius 2 is 1.89 bits per heavy atom. The fraction of sp³-hybridized carbons (Fsp3) is 0.250. The Kier molecular flexibility index (Phi) is 2.71. The quantitative estimate of drug-likeness (QED) is 0.835. The largest absolute Gasteiger partial charge is 0.508 e. The molecule has 0 fully saturated rings. The minimum absolute atomic E-state index is 0.364. The van der Waals surface area contributed by atoms with Gasteiger partial charge in [0.05, 0.1) is 6.04 Å². The molecule has 2 aromatic rings. The zero-order valence-corrected chi connectivity index (χ0v) is 10.5. The highest BCUT2D eigenvalue weighted by Gasteiger charge is 2.22. The molecule has 2 nitrogen and oxygen atoms in total. The summed E-state index contributed by atoms with van der Waals surface area (Å²) in [6.07, 6.45) is 2.12. The van der Waals surface area contributed by atoms with Crippen LogP contribution in [0.3, 0.4) is 0 Å². The van der Waals surface area contributed by atoms with Crippen LogP contribution < -0.4 is 5.32 Å². The summed E-state index contributed by atoms with van der Waals surface area (Å²) in [7, 11) is 0. The fourth-order valence-corrected chi connectivity index (χ4v) is 2.60. The van der Waals surface area contributed by atoms with Gasteiger partial charge in [-0.25, -0.2) is 0 Å². The van der Waals surface area contributed by atoms with Crippen LogP contribution in [0.25, 0.3) is 0 Å². The summed E-state index contributed by atoms with van der Waals surface area (Å²) in [5.41, 5.74) is 5.01. The topological polar surface area (TPSA) is 32.3 Å². The number of phenols is 1. The first-order valence-corrected chi connectivity index (χ1v) is 6.37. The van der Waals surface area contributed by atoms with Crippen molar-refractivity contribution in [3.05, 3.63) is 59.2 Å². The maximum Gasteiger partial charge on any atom is 0.115 e. The Hall–Kier alpha value is -1.96. The maximum atomic E-state index is 9.48. The first-order chi connectivity index (χ1) is 8.72. The molecular weight excluding hydrogens is 222 g/mol. The van der Waals surface area contributed by atoms with Crippen molar-refractivity contribution in [2.45, 2.75) is 25.8 Å². The summed E-state index contributed by atoms with van der Waals surface area (Å²) in [5.74, 6) is 0.365. The summed E-state index contributed by atoms with van der Waals surface area (Å²) in [6, 6.07) is 14.5. The number of anilines is 1. The standard InChI is InChI=1S/C16H17NO/c1-11-2-5-13(6-3-11)17-16-9-4-12-10-14(18)7-8-15(12)16/h2-3,5-8,10,16-18H,4,9H2,1H3. The van der Waals surface area contributed by atoms with Crippen LogP contribution in [-0.4, -0.2) is 5.11 Å². The lowest BCUT2D eigenvalue weighted by molar-refractivity contribution is 0.474. The van der Waals surface area contributed by atoms with Crippen LogP contribution in [-0.2, 0) is 6.42 Å². The van der Waals surface area contributed by atoms with Crippen LogP contribution in [0.5, 0.6) is 5.75 Å². The molecule has 2 heteroatoms. The number of hydrogen-bond donors (Lipinski definition) is 2. The molecule has 0 aromatic heterocycles. The summed E-state index contributed by atoms with van der Waals surface area (Å²) in [5, 5.41) is 13.0. The van der Waals surface area contributed by atoms with Crippen molar-refractivity contribution in [2.75, 3.05) is 5.32 Å². The average molecular weight is 239 g/mol. The Morgan fingerprint density at radius 1 is 1.11 bits per heavy atom. The molecule has 2 aromatic carbocycles. The van der Waals surface area contributed by atoms with Gasteiger partial charge in [-0.15, -0.1) is 0 Å². The van der Waals surface area contributed by atoms with E-state index in [0.717, 1.165) is 18.5 Å². The van der Waals surface area contributed by atoms with Crippen LogP contribution in [0.1, 0.15) is 29.2 Å². The van der Waals surface area contributed by atoms with E-state index in [2.05, 4.69) is 36.5 Å². The molecule has 3 rings (SSSR count). The van der Waals surface area contributed by atoms with Crippen LogP contribution in [0.15, 0.2) is 42.5 Å². The number of fused-ring (bicyclic) bond motifs is 1. The van der Waals surface area contributed by atoms with Gasteiger partial charge in [-0.1, -0.05) is 23.8 Å². The molecule has 0 bridgehead atoms. The van der Waals surface area contributed by atoms with Crippen LogP contribution in [0.2, 0.25) is 0 Å². The van der Waals surface area contributed by atoms with Crippen LogP contribution in [0, 0.1) is 6.92 Å². The van der Waals surface area contributed by atoms with Crippen molar-refractivity contribution in [3.8, 4) is 5.75 Å². The second-order valence-electron chi connectivity index (χ2n) is 4.98. The molecule has 0 saturated carbocycles. The molecule has 0 spiro atoms. The van der Waals surface area contributed by atoms with Gasteiger partial charge in [0.25, 0.3) is 0 Å². The zero-order chi connectivity index (χ0) is 12.5. The van der Waals surface area contributed by atoms with Crippen molar-refractivity contribution in [2.24, 2.45) is 0 Å². The number of hydrogen-bond acceptors (Lipinski definition) is 2. The normalized spacial score (nSPS) is 17.5. The smallest absolute Gasteiger partial charge is 0.115 e. The van der Waals surface area contributed by atoms with Gasteiger partial charge in [0.15, 0.2) is 0 Å². The predicted molar refractivity (Wildman–Crippen MR) is 74.0 cm³/mol. The van der Waals surface area contributed by atoms with Gasteiger partial charge in [-0.2, -0.15) is 0 Å². The van der Waals surface area contributed by atoms with E-state index in [0.29, 0.717) is 11.8 Å². The zero-order valence-electron chi connectivity index (χ0n) is 10.5. The van der Waals surface area contributed by atoms with Crippen molar-refractivity contribution in [1.29, 1.82) is 0 Å². The van der Waals surface area contributed by atoms with Crippen LogP contribution in [0.4, 0.5) is 5.69 Å². The minimum Gasteiger partial charge on any atom is -0.508 e. The third-order valence-corrected chi connectivity index (χ3v) is 3.60. The molecule has 0 saturated heterocycles. The minimum atomic E-state index is 0.364. The van der Waals surface area contributed by atoms with E-state index in [9.17, 15) is 5.11 Å². The summed E-state index contributed by atoms with van der Waals surface area (Å²) >= 11 is 0. The summed E-state index contributed by atoms with van der Waals surface area (Å²) in [4.78, 5) is 0. The van der Waals surface area contributed by atoms with E-state index in [1.165, 1.54) is 16.7 Å². The lowest BCUT2D eigenvalue weighted by Crippen LogP contribution is -2.06. The third kappa shape index (κ3) is 2.06. The molecule has 1 aliphatic carbocycles. The van der Waals surface area contributed by atoms with E-state index in [1.54, 1.807) is 6.07 Å². The lowest BCUT2D eigenvalue weighted by atomic mass is 10.1. The maximum absolute atomic E-state index is 9.48. The molecule has 1 aliphatic rings. The number of rotatable bonds is 2. The number of nitrogens with one attached hydrogen (secondary N) is 1. The van der Waals surface area contributed by atoms with Gasteiger partial charge < -0.3 is 10.4 Å². The molecule has 2 N–H and O–H groups in total. The highest BCUT2D eigenvalue weighted by molar-refractivity contribution is 5.50. The van der Waals surface area contributed by atoms with E-state index in [-0.39, 0.29) is 0 Å². The Balaban J connectivity index is 1.82. The molecular formula is C16H17NO. The second-order valence-corrected chi connectivity index (χ2v) is 4.98. The Morgan fingerprint density at radius 3 is 2.67 bits per heavy atom. The summed E-state index contributed by atoms with van der Waals surface area (Å²) < 4.78 is 0. The molecule has 0 heterocycles. The predicted octanol–water partition coefficient (Wildman–Crippen LogP) is 3.80. The molecule has 18 heavy (non-hydrogen) atoms. The number of phenolic OH excluding ortho intramolecular Hbond substituents is 1. The molecule has 0 radical (unpaired) electrons. The van der Waals surface area contributed by atoms with E-state index in [1.807, 2.05) is 12.1 Å². The van der Waals surface area contributed by atoms with Crippen molar-refractivity contribution < 1.29 is 5.11 Å². The number of aryl methyl sites for hydroxylation is 2. The highest BCUT2D eigenvalue weighted by atomic mass is 16.3. The van der Waals surface area contributed by atoms with Crippen molar-refractivity contribution in [3.63, 3.8) is 0 Å². The SMILES string of the molecule is Cc1ccc(NC2CCc3cc(O)ccc32)cc1. The van der Waals surface area contributed by atoms with E-state index >= 15 is 0 Å². The Bertz CT molecular complexity index is 560. The molecule has 92 valence electrons. The lowest BCUT2D eigenvalue weighted by Gasteiger charge is -2.15. The fourth-order valence-electron chi connectivity index (χ4n) is 2.60. The molecule has 0 aliphatic heterocycles. The van der Waals surface area contributed by atoms with Gasteiger partial charge in [0, 0.05) is 5.69 Å². The van der Waals surface area contributed by atoms with Crippen LogP contribution >= 0.6 is 0 Å². The molecule has 0 amide bonds. The Labute approximate surface area is 107 Å². The van der Waals surface area contributed by atoms with Gasteiger partial charge in [-0.05, 0) is 55.2 Å².